The number of piperazine rings is 1. The average Bonchev–Trinajstić information content (AvgIpc) is 2.68. The van der Waals surface area contributed by atoms with Crippen molar-refractivity contribution in [3.63, 3.8) is 0 Å². The van der Waals surface area contributed by atoms with Gasteiger partial charge in [0.05, 0.1) is 6.54 Å². The number of carbonyl (C=O) groups excluding carboxylic acids is 1. The molecule has 26 heavy (non-hydrogen) atoms. The van der Waals surface area contributed by atoms with Crippen LogP contribution in [0.15, 0.2) is 54.6 Å². The summed E-state index contributed by atoms with van der Waals surface area (Å²) >= 11 is 0. The van der Waals surface area contributed by atoms with Crippen LogP contribution in [0.25, 0.3) is 0 Å². The third-order valence-electron chi connectivity index (χ3n) is 5.17. The van der Waals surface area contributed by atoms with Gasteiger partial charge in [0.25, 0.3) is 0 Å². The first kappa shape index (κ1) is 18.5. The predicted octanol–water partition coefficient (Wildman–Crippen LogP) is 3.04. The van der Waals surface area contributed by atoms with Gasteiger partial charge in [0.15, 0.2) is 0 Å². The summed E-state index contributed by atoms with van der Waals surface area (Å²) in [7, 11) is 0. The molecular formula is C22H29N3O. The van der Waals surface area contributed by atoms with Crippen molar-refractivity contribution in [3.05, 3.63) is 65.7 Å². The minimum absolute atomic E-state index is 0.122. The summed E-state index contributed by atoms with van der Waals surface area (Å²) in [5.74, 6) is 0.454. The molecule has 2 aromatic carbocycles. The number of rotatable bonds is 6. The number of hydrogen-bond acceptors (Lipinski definition) is 3. The molecule has 1 heterocycles. The van der Waals surface area contributed by atoms with E-state index < -0.39 is 0 Å². The van der Waals surface area contributed by atoms with Gasteiger partial charge in [-0.25, -0.2) is 0 Å². The van der Waals surface area contributed by atoms with Gasteiger partial charge >= 0.3 is 0 Å². The van der Waals surface area contributed by atoms with E-state index in [2.05, 4.69) is 65.4 Å². The monoisotopic (exact) mass is 351 g/mol. The third-order valence-corrected chi connectivity index (χ3v) is 5.17. The SMILES string of the molecule is Cc1ccccc1N1CCN(CC(=O)NCC(C)c2ccccc2)CC1. The van der Waals surface area contributed by atoms with E-state index in [0.29, 0.717) is 19.0 Å². The van der Waals surface area contributed by atoms with E-state index >= 15 is 0 Å². The van der Waals surface area contributed by atoms with Crippen LogP contribution in [0.2, 0.25) is 0 Å². The van der Waals surface area contributed by atoms with E-state index in [9.17, 15) is 4.79 Å². The standard InChI is InChI=1S/C22H29N3O/c1-18-8-6-7-11-21(18)25-14-12-24(13-15-25)17-22(26)23-16-19(2)20-9-4-3-5-10-20/h3-11,19H,12-17H2,1-2H3,(H,23,26). The van der Waals surface area contributed by atoms with Gasteiger partial charge in [-0.1, -0.05) is 55.5 Å². The molecule has 1 atom stereocenters. The number of amides is 1. The highest BCUT2D eigenvalue weighted by Gasteiger charge is 2.20. The van der Waals surface area contributed by atoms with Crippen molar-refractivity contribution in [3.8, 4) is 0 Å². The first-order chi connectivity index (χ1) is 12.6. The Kier molecular flexibility index (Phi) is 6.29. The Labute approximate surface area is 156 Å². The molecule has 4 heteroatoms. The molecule has 1 amide bonds. The maximum absolute atomic E-state index is 12.3. The van der Waals surface area contributed by atoms with Crippen LogP contribution in [0.4, 0.5) is 5.69 Å². The molecule has 1 unspecified atom stereocenters. The van der Waals surface area contributed by atoms with Crippen LogP contribution in [-0.4, -0.2) is 50.1 Å². The predicted molar refractivity (Wildman–Crippen MR) is 108 cm³/mol. The Bertz CT molecular complexity index is 708. The van der Waals surface area contributed by atoms with E-state index in [4.69, 9.17) is 0 Å². The van der Waals surface area contributed by atoms with Gasteiger partial charge < -0.3 is 10.2 Å². The van der Waals surface area contributed by atoms with Crippen LogP contribution in [0, 0.1) is 6.92 Å². The van der Waals surface area contributed by atoms with Crippen molar-refractivity contribution >= 4 is 11.6 Å². The molecule has 0 bridgehead atoms. The minimum Gasteiger partial charge on any atom is -0.369 e. The molecule has 0 radical (unpaired) electrons. The maximum Gasteiger partial charge on any atom is 0.234 e. The number of carbonyl (C=O) groups is 1. The van der Waals surface area contributed by atoms with Gasteiger partial charge in [-0.2, -0.15) is 0 Å². The summed E-state index contributed by atoms with van der Waals surface area (Å²) in [4.78, 5) is 17.0. The van der Waals surface area contributed by atoms with Gasteiger partial charge in [-0.3, -0.25) is 9.69 Å². The Morgan fingerprint density at radius 2 is 1.65 bits per heavy atom. The zero-order chi connectivity index (χ0) is 18.4. The van der Waals surface area contributed by atoms with Gasteiger partial charge in [0.1, 0.15) is 0 Å². The molecule has 1 saturated heterocycles. The third kappa shape index (κ3) is 4.85. The highest BCUT2D eigenvalue weighted by atomic mass is 16.2. The Hall–Kier alpha value is -2.33. The largest absolute Gasteiger partial charge is 0.369 e. The number of benzene rings is 2. The van der Waals surface area contributed by atoms with Crippen LogP contribution in [0.5, 0.6) is 0 Å². The number of hydrogen-bond donors (Lipinski definition) is 1. The molecule has 0 saturated carbocycles. The lowest BCUT2D eigenvalue weighted by atomic mass is 10.0. The summed E-state index contributed by atoms with van der Waals surface area (Å²) in [6.45, 7) is 9.28. The molecule has 2 aromatic rings. The molecule has 1 N–H and O–H groups in total. The van der Waals surface area contributed by atoms with Crippen molar-refractivity contribution < 1.29 is 4.79 Å². The fourth-order valence-corrected chi connectivity index (χ4v) is 3.49. The van der Waals surface area contributed by atoms with E-state index in [-0.39, 0.29) is 5.91 Å². The second-order valence-corrected chi connectivity index (χ2v) is 7.17. The molecule has 1 fully saturated rings. The van der Waals surface area contributed by atoms with Crippen molar-refractivity contribution in [1.82, 2.24) is 10.2 Å². The zero-order valence-corrected chi connectivity index (χ0v) is 15.8. The summed E-state index contributed by atoms with van der Waals surface area (Å²) < 4.78 is 0. The summed E-state index contributed by atoms with van der Waals surface area (Å²) in [6.07, 6.45) is 0. The van der Waals surface area contributed by atoms with Gasteiger partial charge in [-0.05, 0) is 30.0 Å². The van der Waals surface area contributed by atoms with Gasteiger partial charge in [0, 0.05) is 38.4 Å². The number of para-hydroxylation sites is 1. The molecule has 1 aliphatic heterocycles. The Morgan fingerprint density at radius 1 is 1.00 bits per heavy atom. The second kappa shape index (κ2) is 8.86. The summed E-state index contributed by atoms with van der Waals surface area (Å²) in [6, 6.07) is 18.8. The van der Waals surface area contributed by atoms with E-state index in [1.165, 1.54) is 16.8 Å². The molecule has 1 aliphatic rings. The fourth-order valence-electron chi connectivity index (χ4n) is 3.49. The first-order valence-corrected chi connectivity index (χ1v) is 9.48. The van der Waals surface area contributed by atoms with E-state index in [0.717, 1.165) is 26.2 Å². The molecule has 0 aliphatic carbocycles. The normalized spacial score (nSPS) is 16.3. The van der Waals surface area contributed by atoms with Crippen molar-refractivity contribution in [2.45, 2.75) is 19.8 Å². The van der Waals surface area contributed by atoms with Gasteiger partial charge in [0.2, 0.25) is 5.91 Å². The van der Waals surface area contributed by atoms with Crippen LogP contribution in [0.1, 0.15) is 24.0 Å². The Balaban J connectivity index is 1.41. The van der Waals surface area contributed by atoms with Crippen molar-refractivity contribution in [2.24, 2.45) is 0 Å². The average molecular weight is 351 g/mol. The molecular weight excluding hydrogens is 322 g/mol. The Morgan fingerprint density at radius 3 is 2.35 bits per heavy atom. The molecule has 0 spiro atoms. The van der Waals surface area contributed by atoms with Crippen LogP contribution >= 0.6 is 0 Å². The number of nitrogens with one attached hydrogen (secondary N) is 1. The van der Waals surface area contributed by atoms with Crippen LogP contribution in [-0.2, 0) is 4.79 Å². The zero-order valence-electron chi connectivity index (χ0n) is 15.8. The van der Waals surface area contributed by atoms with Gasteiger partial charge in [-0.15, -0.1) is 0 Å². The second-order valence-electron chi connectivity index (χ2n) is 7.17. The molecule has 138 valence electrons. The lowest BCUT2D eigenvalue weighted by Gasteiger charge is -2.36. The lowest BCUT2D eigenvalue weighted by Crippen LogP contribution is -2.49. The van der Waals surface area contributed by atoms with E-state index in [1.807, 2.05) is 18.2 Å². The smallest absolute Gasteiger partial charge is 0.234 e. The highest BCUT2D eigenvalue weighted by molar-refractivity contribution is 5.78. The lowest BCUT2D eigenvalue weighted by molar-refractivity contribution is -0.122. The molecule has 0 aromatic heterocycles. The van der Waals surface area contributed by atoms with Crippen LogP contribution < -0.4 is 10.2 Å². The minimum atomic E-state index is 0.122. The summed E-state index contributed by atoms with van der Waals surface area (Å²) in [5, 5.41) is 3.09. The maximum atomic E-state index is 12.3. The number of nitrogens with zero attached hydrogens (tertiary/aromatic N) is 2. The number of aryl methyl sites for hydroxylation is 1. The quantitative estimate of drug-likeness (QED) is 0.869. The topological polar surface area (TPSA) is 35.6 Å². The molecule has 4 nitrogen and oxygen atoms in total. The summed E-state index contributed by atoms with van der Waals surface area (Å²) in [5.41, 5.74) is 3.89. The molecule has 3 rings (SSSR count). The van der Waals surface area contributed by atoms with Crippen molar-refractivity contribution in [1.29, 1.82) is 0 Å². The highest BCUT2D eigenvalue weighted by Crippen LogP contribution is 2.20. The first-order valence-electron chi connectivity index (χ1n) is 9.48. The number of anilines is 1. The van der Waals surface area contributed by atoms with Crippen LogP contribution in [0.3, 0.4) is 0 Å². The fraction of sp³-hybridized carbons (Fsp3) is 0.409. The van der Waals surface area contributed by atoms with E-state index in [1.54, 1.807) is 0 Å². The van der Waals surface area contributed by atoms with Crippen molar-refractivity contribution in [2.75, 3.05) is 44.2 Å².